The number of nitrogens with zero attached hydrogens (tertiary/aromatic N) is 3. The molecule has 6 rings (SSSR count). The number of rotatable bonds is 13. The van der Waals surface area contributed by atoms with Crippen LogP contribution in [0.15, 0.2) is 126 Å². The van der Waals surface area contributed by atoms with Gasteiger partial charge in [-0.1, -0.05) is 84.9 Å². The summed E-state index contributed by atoms with van der Waals surface area (Å²) in [5.74, 6) is 0.556. The van der Waals surface area contributed by atoms with Crippen LogP contribution in [-0.2, 0) is 26.2 Å². The number of carbonyl (C=O) groups is 1. The molecule has 1 fully saturated rings. The van der Waals surface area contributed by atoms with Crippen molar-refractivity contribution in [2.75, 3.05) is 25.6 Å². The first-order valence-corrected chi connectivity index (χ1v) is 16.4. The SMILES string of the molecule is COc1ccc(C(OC[C@H]2O[C@@H](n3ccc(NC(=O)OCCc4ccc([N+](=O)[O-])cc4)nc3=O)[C@H](O)[C@@H]2O)(c2ccccc2)c2ccccc2)cc1. The molecule has 1 aromatic heterocycles. The van der Waals surface area contributed by atoms with Gasteiger partial charge in [0.15, 0.2) is 6.23 Å². The van der Waals surface area contributed by atoms with Crippen molar-refractivity contribution in [2.24, 2.45) is 0 Å². The van der Waals surface area contributed by atoms with E-state index >= 15 is 0 Å². The van der Waals surface area contributed by atoms with Gasteiger partial charge in [-0.2, -0.15) is 4.98 Å². The third kappa shape index (κ3) is 7.70. The van der Waals surface area contributed by atoms with Crippen LogP contribution in [0.1, 0.15) is 28.5 Å². The summed E-state index contributed by atoms with van der Waals surface area (Å²) in [6.45, 7) is -0.212. The molecular weight excluding hydrogens is 672 g/mol. The number of nitrogens with one attached hydrogen (secondary N) is 1. The molecule has 14 heteroatoms. The lowest BCUT2D eigenvalue weighted by molar-refractivity contribution is -0.384. The van der Waals surface area contributed by atoms with E-state index in [-0.39, 0.29) is 24.7 Å². The van der Waals surface area contributed by atoms with Crippen LogP contribution in [-0.4, -0.2) is 69.4 Å². The van der Waals surface area contributed by atoms with Crippen molar-refractivity contribution in [3.8, 4) is 5.75 Å². The van der Waals surface area contributed by atoms with Crippen molar-refractivity contribution in [2.45, 2.75) is 36.6 Å². The highest BCUT2D eigenvalue weighted by Crippen LogP contribution is 2.42. The molecule has 0 saturated carbocycles. The molecule has 4 atom stereocenters. The summed E-state index contributed by atoms with van der Waals surface area (Å²) in [7, 11) is 1.58. The number of nitro groups is 1. The Morgan fingerprint density at radius 3 is 2.10 bits per heavy atom. The predicted molar refractivity (Wildman–Crippen MR) is 188 cm³/mol. The van der Waals surface area contributed by atoms with Gasteiger partial charge in [-0.25, -0.2) is 9.59 Å². The number of carbonyl (C=O) groups excluding carboxylic acids is 1. The maximum atomic E-state index is 13.1. The maximum Gasteiger partial charge on any atom is 0.412 e. The highest BCUT2D eigenvalue weighted by Gasteiger charge is 2.46. The Balaban J connectivity index is 1.15. The molecule has 0 spiro atoms. The number of nitro benzene ring substituents is 1. The molecule has 4 aromatic carbocycles. The Labute approximate surface area is 298 Å². The van der Waals surface area contributed by atoms with E-state index in [2.05, 4.69) is 10.3 Å². The van der Waals surface area contributed by atoms with E-state index in [4.69, 9.17) is 18.9 Å². The molecule has 52 heavy (non-hydrogen) atoms. The second kappa shape index (κ2) is 16.0. The highest BCUT2D eigenvalue weighted by molar-refractivity contribution is 5.83. The van der Waals surface area contributed by atoms with E-state index in [9.17, 15) is 29.9 Å². The van der Waals surface area contributed by atoms with Crippen LogP contribution in [0.4, 0.5) is 16.3 Å². The van der Waals surface area contributed by atoms with Crippen LogP contribution >= 0.6 is 0 Å². The van der Waals surface area contributed by atoms with Crippen molar-refractivity contribution < 1.29 is 38.9 Å². The number of amides is 1. The third-order valence-electron chi connectivity index (χ3n) is 8.76. The number of aromatic nitrogens is 2. The van der Waals surface area contributed by atoms with Crippen molar-refractivity contribution >= 4 is 17.6 Å². The number of aliphatic hydroxyl groups is 2. The molecule has 2 heterocycles. The molecule has 1 amide bonds. The minimum absolute atomic E-state index is 0.0293. The largest absolute Gasteiger partial charge is 0.497 e. The second-order valence-electron chi connectivity index (χ2n) is 11.9. The van der Waals surface area contributed by atoms with Crippen molar-refractivity contribution in [1.29, 1.82) is 0 Å². The molecule has 1 aliphatic rings. The van der Waals surface area contributed by atoms with Gasteiger partial charge in [-0.15, -0.1) is 0 Å². The molecule has 0 unspecified atom stereocenters. The lowest BCUT2D eigenvalue weighted by Gasteiger charge is -2.37. The fraction of sp³-hybridized carbons (Fsp3) is 0.237. The zero-order valence-electron chi connectivity index (χ0n) is 28.0. The topological polar surface area (TPSA) is 185 Å². The van der Waals surface area contributed by atoms with E-state index in [0.29, 0.717) is 12.2 Å². The van der Waals surface area contributed by atoms with Gasteiger partial charge in [0.2, 0.25) is 0 Å². The Hall–Kier alpha value is -5.93. The first-order valence-electron chi connectivity index (χ1n) is 16.4. The van der Waals surface area contributed by atoms with Gasteiger partial charge >= 0.3 is 11.8 Å². The van der Waals surface area contributed by atoms with Crippen molar-refractivity contribution in [1.82, 2.24) is 9.55 Å². The number of hydrogen-bond acceptors (Lipinski definition) is 11. The monoisotopic (exact) mass is 708 g/mol. The molecule has 0 radical (unpaired) electrons. The zero-order valence-corrected chi connectivity index (χ0v) is 28.0. The van der Waals surface area contributed by atoms with Crippen LogP contribution in [0, 0.1) is 10.1 Å². The Bertz CT molecular complexity index is 1990. The average molecular weight is 709 g/mol. The summed E-state index contributed by atoms with van der Waals surface area (Å²) < 4.78 is 24.4. The molecular formula is C38H36N4O10. The third-order valence-corrected chi connectivity index (χ3v) is 8.76. The van der Waals surface area contributed by atoms with Gasteiger partial charge in [0.25, 0.3) is 5.69 Å². The van der Waals surface area contributed by atoms with E-state index in [0.717, 1.165) is 26.8 Å². The Morgan fingerprint density at radius 1 is 0.904 bits per heavy atom. The van der Waals surface area contributed by atoms with Gasteiger partial charge in [-0.3, -0.25) is 20.0 Å². The van der Waals surface area contributed by atoms with Gasteiger partial charge in [0.1, 0.15) is 35.5 Å². The second-order valence-corrected chi connectivity index (χ2v) is 11.9. The number of benzene rings is 4. The van der Waals surface area contributed by atoms with Crippen LogP contribution in [0.5, 0.6) is 5.75 Å². The normalized spacial score (nSPS) is 18.4. The molecule has 1 aliphatic heterocycles. The summed E-state index contributed by atoms with van der Waals surface area (Å²) >= 11 is 0. The number of methoxy groups -OCH3 is 1. The van der Waals surface area contributed by atoms with E-state index in [1.807, 2.05) is 84.9 Å². The minimum atomic E-state index is -1.51. The average Bonchev–Trinajstić information content (AvgIpc) is 3.45. The molecule has 14 nitrogen and oxygen atoms in total. The zero-order chi connectivity index (χ0) is 36.7. The maximum absolute atomic E-state index is 13.1. The molecule has 5 aromatic rings. The number of anilines is 1. The van der Waals surface area contributed by atoms with Gasteiger partial charge < -0.3 is 29.2 Å². The fourth-order valence-electron chi connectivity index (χ4n) is 6.09. The smallest absolute Gasteiger partial charge is 0.412 e. The molecule has 0 aliphatic carbocycles. The quantitative estimate of drug-likeness (QED) is 0.0884. The van der Waals surface area contributed by atoms with Gasteiger partial charge in [0.05, 0.1) is 25.2 Å². The lowest BCUT2D eigenvalue weighted by atomic mass is 9.80. The van der Waals surface area contributed by atoms with Crippen molar-refractivity contribution in [3.63, 3.8) is 0 Å². The number of hydrogen-bond donors (Lipinski definition) is 3. The number of ether oxygens (including phenoxy) is 4. The fourth-order valence-corrected chi connectivity index (χ4v) is 6.09. The van der Waals surface area contributed by atoms with Crippen LogP contribution in [0.25, 0.3) is 0 Å². The van der Waals surface area contributed by atoms with E-state index < -0.39 is 46.8 Å². The lowest BCUT2D eigenvalue weighted by Crippen LogP contribution is -2.39. The molecule has 3 N–H and O–H groups in total. The van der Waals surface area contributed by atoms with Crippen LogP contribution in [0.3, 0.4) is 0 Å². The summed E-state index contributed by atoms with van der Waals surface area (Å²) in [5.41, 5.74) is 1.06. The Kier molecular flexibility index (Phi) is 11.0. The molecule has 1 saturated heterocycles. The van der Waals surface area contributed by atoms with E-state index in [1.54, 1.807) is 19.2 Å². The van der Waals surface area contributed by atoms with Crippen LogP contribution < -0.4 is 15.7 Å². The minimum Gasteiger partial charge on any atom is -0.497 e. The van der Waals surface area contributed by atoms with Gasteiger partial charge in [-0.05, 0) is 40.5 Å². The number of non-ortho nitro benzene ring substituents is 1. The summed E-state index contributed by atoms with van der Waals surface area (Å²) in [6, 6.07) is 33.8. The van der Waals surface area contributed by atoms with Gasteiger partial charge in [0, 0.05) is 24.8 Å². The summed E-state index contributed by atoms with van der Waals surface area (Å²) in [4.78, 5) is 39.6. The van der Waals surface area contributed by atoms with Crippen molar-refractivity contribution in [3.05, 3.63) is 164 Å². The standard InChI is InChI=1S/C38H36N4O10/c1-49-30-18-14-28(15-19-30)38(26-8-4-2-5-9-26,27-10-6-3-7-11-27)51-24-31-33(43)34(44)35(52-31)41-22-20-32(39-36(41)45)40-37(46)50-23-21-25-12-16-29(17-13-25)42(47)48/h2-20,22,31,33-35,43-44H,21,23-24H2,1H3,(H,39,40,45,46)/t31-,33-,34-,35-/m1/s1. The number of aliphatic hydroxyl groups excluding tert-OH is 2. The van der Waals surface area contributed by atoms with E-state index in [1.165, 1.54) is 24.4 Å². The highest BCUT2D eigenvalue weighted by atomic mass is 16.6. The predicted octanol–water partition coefficient (Wildman–Crippen LogP) is 4.58. The summed E-state index contributed by atoms with van der Waals surface area (Å²) in [5, 5.41) is 35.4. The Morgan fingerprint density at radius 2 is 1.52 bits per heavy atom. The van der Waals surface area contributed by atoms with Crippen LogP contribution in [0.2, 0.25) is 0 Å². The molecule has 0 bridgehead atoms. The summed E-state index contributed by atoms with van der Waals surface area (Å²) in [6.07, 6.45) is -4.59. The molecule has 268 valence electrons. The first kappa shape index (κ1) is 35.9. The first-order chi connectivity index (χ1) is 25.2.